The van der Waals surface area contributed by atoms with Crippen LogP contribution in [0.5, 0.6) is 0 Å². The molecule has 0 saturated carbocycles. The van der Waals surface area contributed by atoms with E-state index < -0.39 is 0 Å². The molecular weight excluding hydrogens is 184 g/mol. The number of carbonyl (C=O) groups is 2. The molecule has 1 heterocycles. The Morgan fingerprint density at radius 2 is 1.86 bits per heavy atom. The monoisotopic (exact) mass is 200 g/mol. The van der Waals surface area contributed by atoms with Crippen molar-refractivity contribution in [3.05, 3.63) is 0 Å². The van der Waals surface area contributed by atoms with Crippen LogP contribution in [0.3, 0.4) is 0 Å². The summed E-state index contributed by atoms with van der Waals surface area (Å²) < 4.78 is 0. The zero-order valence-electron chi connectivity index (χ0n) is 8.58. The summed E-state index contributed by atoms with van der Waals surface area (Å²) in [5.41, 5.74) is 0. The highest BCUT2D eigenvalue weighted by Crippen LogP contribution is 2.10. The van der Waals surface area contributed by atoms with E-state index in [1.807, 2.05) is 0 Å². The van der Waals surface area contributed by atoms with E-state index >= 15 is 0 Å². The van der Waals surface area contributed by atoms with Crippen molar-refractivity contribution in [2.75, 3.05) is 13.1 Å². The Kier molecular flexibility index (Phi) is 3.88. The van der Waals surface area contributed by atoms with Gasteiger partial charge in [-0.1, -0.05) is 0 Å². The van der Waals surface area contributed by atoms with Gasteiger partial charge in [-0.25, -0.2) is 0 Å². The fourth-order valence-corrected chi connectivity index (χ4v) is 1.56. The molecule has 1 aliphatic heterocycles. The Morgan fingerprint density at radius 1 is 1.29 bits per heavy atom. The first kappa shape index (κ1) is 11.0. The standard InChI is InChI=1S/C9H16N2O3/c1-7(12)10-9-3-5-11(6-4-9)14-8(2)13/h9H,3-6H2,1-2H3,(H,10,12). The number of amides is 1. The highest BCUT2D eigenvalue weighted by atomic mass is 16.7. The molecular formula is C9H16N2O3. The van der Waals surface area contributed by atoms with Crippen LogP contribution in [-0.2, 0) is 14.4 Å². The van der Waals surface area contributed by atoms with E-state index in [-0.39, 0.29) is 17.9 Å². The number of carbonyl (C=O) groups excluding carboxylic acids is 2. The number of hydroxylamine groups is 2. The van der Waals surface area contributed by atoms with Crippen LogP contribution in [-0.4, -0.2) is 36.1 Å². The third kappa shape index (κ3) is 3.74. The normalized spacial score (nSPS) is 19.0. The predicted molar refractivity (Wildman–Crippen MR) is 50.2 cm³/mol. The molecule has 0 aliphatic carbocycles. The average molecular weight is 200 g/mol. The van der Waals surface area contributed by atoms with Gasteiger partial charge in [-0.3, -0.25) is 9.59 Å². The number of nitrogens with one attached hydrogen (secondary N) is 1. The fourth-order valence-electron chi connectivity index (χ4n) is 1.56. The quantitative estimate of drug-likeness (QED) is 0.685. The van der Waals surface area contributed by atoms with Gasteiger partial charge in [0.25, 0.3) is 0 Å². The first-order valence-electron chi connectivity index (χ1n) is 4.78. The topological polar surface area (TPSA) is 58.6 Å². The smallest absolute Gasteiger partial charge is 0.322 e. The van der Waals surface area contributed by atoms with Gasteiger partial charge in [-0.15, -0.1) is 5.06 Å². The molecule has 0 unspecified atom stereocenters. The van der Waals surface area contributed by atoms with E-state index in [4.69, 9.17) is 4.84 Å². The first-order valence-corrected chi connectivity index (χ1v) is 4.78. The lowest BCUT2D eigenvalue weighted by Gasteiger charge is -2.30. The predicted octanol–water partition coefficient (Wildman–Crippen LogP) is 0.0650. The summed E-state index contributed by atoms with van der Waals surface area (Å²) in [7, 11) is 0. The average Bonchev–Trinajstić information content (AvgIpc) is 2.06. The van der Waals surface area contributed by atoms with Gasteiger partial charge in [0.1, 0.15) is 0 Å². The summed E-state index contributed by atoms with van der Waals surface area (Å²) in [5.74, 6) is -0.293. The summed E-state index contributed by atoms with van der Waals surface area (Å²) in [6, 6.07) is 0.222. The van der Waals surface area contributed by atoms with E-state index in [0.717, 1.165) is 12.8 Å². The molecule has 0 aromatic rings. The molecule has 0 aromatic carbocycles. The van der Waals surface area contributed by atoms with Crippen LogP contribution in [0, 0.1) is 0 Å². The van der Waals surface area contributed by atoms with Crippen LogP contribution in [0.15, 0.2) is 0 Å². The van der Waals surface area contributed by atoms with Crippen molar-refractivity contribution in [3.8, 4) is 0 Å². The van der Waals surface area contributed by atoms with Gasteiger partial charge in [-0.2, -0.15) is 0 Å². The highest BCUT2D eigenvalue weighted by molar-refractivity contribution is 5.73. The Morgan fingerprint density at radius 3 is 2.29 bits per heavy atom. The molecule has 1 aliphatic rings. The summed E-state index contributed by atoms with van der Waals surface area (Å²) in [5, 5.41) is 4.49. The first-order chi connectivity index (χ1) is 6.58. The number of piperidine rings is 1. The molecule has 0 atom stereocenters. The molecule has 1 saturated heterocycles. The minimum absolute atomic E-state index is 0.00376. The third-order valence-electron chi connectivity index (χ3n) is 2.12. The van der Waals surface area contributed by atoms with Crippen LogP contribution in [0.1, 0.15) is 26.7 Å². The molecule has 0 spiro atoms. The fraction of sp³-hybridized carbons (Fsp3) is 0.778. The molecule has 1 amide bonds. The Balaban J connectivity index is 2.24. The van der Waals surface area contributed by atoms with Gasteiger partial charge >= 0.3 is 5.97 Å². The molecule has 5 heteroatoms. The second-order valence-corrected chi connectivity index (χ2v) is 3.49. The van der Waals surface area contributed by atoms with Gasteiger partial charge in [0.2, 0.25) is 5.91 Å². The highest BCUT2D eigenvalue weighted by Gasteiger charge is 2.21. The number of hydrogen-bond donors (Lipinski definition) is 1. The maximum atomic E-state index is 10.8. The lowest BCUT2D eigenvalue weighted by Crippen LogP contribution is -2.44. The van der Waals surface area contributed by atoms with Crippen LogP contribution in [0.2, 0.25) is 0 Å². The molecule has 0 bridgehead atoms. The van der Waals surface area contributed by atoms with E-state index in [1.165, 1.54) is 13.8 Å². The Labute approximate surface area is 83.4 Å². The molecule has 80 valence electrons. The van der Waals surface area contributed by atoms with E-state index in [2.05, 4.69) is 5.32 Å². The van der Waals surface area contributed by atoms with Crippen molar-refractivity contribution in [1.82, 2.24) is 10.4 Å². The Bertz CT molecular complexity index is 198. The van der Waals surface area contributed by atoms with Crippen molar-refractivity contribution >= 4 is 11.9 Å². The number of nitrogens with zero attached hydrogens (tertiary/aromatic N) is 1. The molecule has 14 heavy (non-hydrogen) atoms. The molecule has 5 nitrogen and oxygen atoms in total. The van der Waals surface area contributed by atoms with Gasteiger partial charge in [-0.05, 0) is 12.8 Å². The summed E-state index contributed by atoms with van der Waals surface area (Å²) in [4.78, 5) is 26.3. The van der Waals surface area contributed by atoms with Crippen molar-refractivity contribution < 1.29 is 14.4 Å². The zero-order valence-corrected chi connectivity index (χ0v) is 8.58. The number of rotatable bonds is 2. The Hall–Kier alpha value is -1.10. The van der Waals surface area contributed by atoms with Gasteiger partial charge in [0.15, 0.2) is 0 Å². The summed E-state index contributed by atoms with van der Waals surface area (Å²) >= 11 is 0. The summed E-state index contributed by atoms with van der Waals surface area (Å²) in [6.07, 6.45) is 1.65. The molecule has 0 radical (unpaired) electrons. The minimum atomic E-state index is -0.289. The van der Waals surface area contributed by atoms with Crippen molar-refractivity contribution in [2.45, 2.75) is 32.7 Å². The SMILES string of the molecule is CC(=O)NC1CCN(OC(C)=O)CC1. The van der Waals surface area contributed by atoms with Crippen LogP contribution in [0.25, 0.3) is 0 Å². The second-order valence-electron chi connectivity index (χ2n) is 3.49. The van der Waals surface area contributed by atoms with Crippen molar-refractivity contribution in [2.24, 2.45) is 0 Å². The van der Waals surface area contributed by atoms with Crippen LogP contribution in [0.4, 0.5) is 0 Å². The molecule has 0 aromatic heterocycles. The maximum absolute atomic E-state index is 10.8. The maximum Gasteiger partial charge on any atom is 0.322 e. The van der Waals surface area contributed by atoms with E-state index in [0.29, 0.717) is 13.1 Å². The molecule has 1 fully saturated rings. The van der Waals surface area contributed by atoms with Gasteiger partial charge < -0.3 is 10.2 Å². The third-order valence-corrected chi connectivity index (χ3v) is 2.12. The van der Waals surface area contributed by atoms with Crippen molar-refractivity contribution in [3.63, 3.8) is 0 Å². The number of hydrogen-bond acceptors (Lipinski definition) is 4. The zero-order chi connectivity index (χ0) is 10.6. The van der Waals surface area contributed by atoms with E-state index in [9.17, 15) is 9.59 Å². The van der Waals surface area contributed by atoms with Crippen molar-refractivity contribution in [1.29, 1.82) is 0 Å². The van der Waals surface area contributed by atoms with Crippen LogP contribution >= 0.6 is 0 Å². The van der Waals surface area contributed by atoms with Crippen LogP contribution < -0.4 is 5.32 Å². The lowest BCUT2D eigenvalue weighted by atomic mass is 10.1. The summed E-state index contributed by atoms with van der Waals surface area (Å²) in [6.45, 7) is 4.27. The second kappa shape index (κ2) is 4.95. The lowest BCUT2D eigenvalue weighted by molar-refractivity contribution is -0.192. The van der Waals surface area contributed by atoms with Gasteiger partial charge in [0.05, 0.1) is 0 Å². The van der Waals surface area contributed by atoms with E-state index in [1.54, 1.807) is 5.06 Å². The van der Waals surface area contributed by atoms with Gasteiger partial charge in [0, 0.05) is 33.0 Å². The largest absolute Gasteiger partial charge is 0.368 e. The minimum Gasteiger partial charge on any atom is -0.368 e. The molecule has 1 rings (SSSR count). The molecule has 1 N–H and O–H groups in total.